The molecule has 160 valence electrons. The number of rotatable bonds is 5. The fourth-order valence-corrected chi connectivity index (χ4v) is 5.38. The number of piperidine rings is 1. The quantitative estimate of drug-likeness (QED) is 0.758. The molecule has 0 spiro atoms. The van der Waals surface area contributed by atoms with Crippen molar-refractivity contribution in [3.05, 3.63) is 6.20 Å². The lowest BCUT2D eigenvalue weighted by Crippen LogP contribution is -2.55. The van der Waals surface area contributed by atoms with Gasteiger partial charge in [-0.05, 0) is 59.2 Å². The van der Waals surface area contributed by atoms with Crippen LogP contribution in [0, 0.1) is 0 Å². The molecule has 7 heteroatoms. The molecule has 4 rings (SSSR count). The van der Waals surface area contributed by atoms with Gasteiger partial charge in [0.25, 0.3) is 0 Å². The van der Waals surface area contributed by atoms with Crippen LogP contribution in [-0.4, -0.2) is 72.6 Å². The first-order chi connectivity index (χ1) is 14.0. The van der Waals surface area contributed by atoms with Crippen LogP contribution in [0.2, 0.25) is 0 Å². The second-order valence-electron chi connectivity index (χ2n) is 8.87. The van der Waals surface area contributed by atoms with Gasteiger partial charge in [-0.2, -0.15) is 4.98 Å². The minimum absolute atomic E-state index is 0.114. The number of likely N-dealkylation sites (tertiary alicyclic amines) is 1. The van der Waals surface area contributed by atoms with E-state index in [0.29, 0.717) is 12.1 Å². The summed E-state index contributed by atoms with van der Waals surface area (Å²) in [7, 11) is 4.06. The summed E-state index contributed by atoms with van der Waals surface area (Å²) >= 11 is 0. The van der Waals surface area contributed by atoms with Gasteiger partial charge in [-0.1, -0.05) is 19.8 Å². The molecule has 0 aromatic carbocycles. The van der Waals surface area contributed by atoms with Crippen molar-refractivity contribution >= 4 is 23.4 Å². The third-order valence-electron chi connectivity index (χ3n) is 7.13. The summed E-state index contributed by atoms with van der Waals surface area (Å²) < 4.78 is 0. The Bertz CT molecular complexity index is 726. The van der Waals surface area contributed by atoms with Crippen LogP contribution >= 0.6 is 0 Å². The van der Waals surface area contributed by atoms with E-state index >= 15 is 0 Å². The Balaban J connectivity index is 1.71. The summed E-state index contributed by atoms with van der Waals surface area (Å²) in [6.45, 7) is 7.45. The second-order valence-corrected chi connectivity index (χ2v) is 8.87. The molecule has 29 heavy (non-hydrogen) atoms. The van der Waals surface area contributed by atoms with Crippen LogP contribution in [-0.2, 0) is 4.79 Å². The van der Waals surface area contributed by atoms with E-state index in [9.17, 15) is 4.79 Å². The molecule has 1 aromatic rings. The van der Waals surface area contributed by atoms with Crippen LogP contribution in [0.3, 0.4) is 0 Å². The van der Waals surface area contributed by atoms with Gasteiger partial charge in [0.1, 0.15) is 11.7 Å². The maximum Gasteiger partial charge on any atom is 0.249 e. The number of nitrogens with zero attached hydrogens (tertiary/aromatic N) is 6. The summed E-state index contributed by atoms with van der Waals surface area (Å²) in [6, 6.07) is 0.786. The maximum absolute atomic E-state index is 13.1. The lowest BCUT2D eigenvalue weighted by molar-refractivity contribution is -0.120. The Morgan fingerprint density at radius 2 is 1.79 bits per heavy atom. The first kappa shape index (κ1) is 20.4. The van der Waals surface area contributed by atoms with Crippen molar-refractivity contribution in [1.29, 1.82) is 0 Å². The van der Waals surface area contributed by atoms with Gasteiger partial charge in [-0.3, -0.25) is 4.79 Å². The van der Waals surface area contributed by atoms with E-state index in [2.05, 4.69) is 35.6 Å². The monoisotopic (exact) mass is 400 g/mol. The van der Waals surface area contributed by atoms with Gasteiger partial charge in [0.05, 0.1) is 6.20 Å². The fourth-order valence-electron chi connectivity index (χ4n) is 5.38. The highest BCUT2D eigenvalue weighted by Gasteiger charge is 2.41. The number of anilines is 3. The van der Waals surface area contributed by atoms with Gasteiger partial charge in [-0.25, -0.2) is 4.98 Å². The highest BCUT2D eigenvalue weighted by molar-refractivity contribution is 6.04. The maximum atomic E-state index is 13.1. The Labute approximate surface area is 175 Å². The molecule has 2 fully saturated rings. The largest absolute Gasteiger partial charge is 0.340 e. The highest BCUT2D eigenvalue weighted by atomic mass is 16.2. The van der Waals surface area contributed by atoms with Crippen molar-refractivity contribution < 1.29 is 4.79 Å². The van der Waals surface area contributed by atoms with Gasteiger partial charge in [0.15, 0.2) is 5.82 Å². The molecule has 3 aliphatic rings. The van der Waals surface area contributed by atoms with Crippen LogP contribution in [0.1, 0.15) is 58.8 Å². The number of hydrogen-bond donors (Lipinski definition) is 0. The molecule has 1 aromatic heterocycles. The fraction of sp³-hybridized carbons (Fsp3) is 0.773. The molecular weight excluding hydrogens is 364 g/mol. The van der Waals surface area contributed by atoms with E-state index in [-0.39, 0.29) is 11.9 Å². The smallest absolute Gasteiger partial charge is 0.249 e. The second kappa shape index (κ2) is 8.46. The van der Waals surface area contributed by atoms with Crippen molar-refractivity contribution in [1.82, 2.24) is 14.9 Å². The van der Waals surface area contributed by atoms with Crippen molar-refractivity contribution in [2.45, 2.75) is 76.9 Å². The first-order valence-electron chi connectivity index (χ1n) is 11.4. The Morgan fingerprint density at radius 1 is 1.10 bits per heavy atom. The number of likely N-dealkylation sites (N-methyl/N-ethyl adjacent to an activating group) is 1. The van der Waals surface area contributed by atoms with E-state index in [1.807, 2.05) is 13.2 Å². The van der Waals surface area contributed by atoms with E-state index in [0.717, 1.165) is 69.2 Å². The van der Waals surface area contributed by atoms with Crippen molar-refractivity contribution in [3.8, 4) is 0 Å². The number of aromatic nitrogens is 2. The minimum atomic E-state index is -0.114. The van der Waals surface area contributed by atoms with E-state index in [4.69, 9.17) is 9.97 Å². The van der Waals surface area contributed by atoms with Crippen LogP contribution in [0.4, 0.5) is 17.5 Å². The summed E-state index contributed by atoms with van der Waals surface area (Å²) in [5.41, 5.74) is 0.856. The number of carbonyl (C=O) groups excluding carboxylic acids is 1. The third-order valence-corrected chi connectivity index (χ3v) is 7.13. The molecule has 1 unspecified atom stereocenters. The molecule has 1 aliphatic carbocycles. The molecule has 2 aliphatic heterocycles. The number of fused-ring (bicyclic) bond motifs is 1. The van der Waals surface area contributed by atoms with E-state index < -0.39 is 0 Å². The van der Waals surface area contributed by atoms with Crippen LogP contribution in [0.15, 0.2) is 6.20 Å². The number of amides is 1. The normalized spacial score (nSPS) is 24.3. The average Bonchev–Trinajstić information content (AvgIpc) is 3.26. The predicted molar refractivity (Wildman–Crippen MR) is 118 cm³/mol. The zero-order valence-electron chi connectivity index (χ0n) is 18.5. The highest BCUT2D eigenvalue weighted by Crippen LogP contribution is 2.40. The van der Waals surface area contributed by atoms with E-state index in [1.54, 1.807) is 4.90 Å². The summed E-state index contributed by atoms with van der Waals surface area (Å²) in [5, 5.41) is 0. The van der Waals surface area contributed by atoms with Crippen LogP contribution < -0.4 is 14.7 Å². The summed E-state index contributed by atoms with van der Waals surface area (Å²) in [5.74, 6) is 1.95. The number of hydrogen-bond acceptors (Lipinski definition) is 6. The summed E-state index contributed by atoms with van der Waals surface area (Å²) in [4.78, 5) is 31.8. The Kier molecular flexibility index (Phi) is 5.95. The van der Waals surface area contributed by atoms with Crippen molar-refractivity contribution in [2.24, 2.45) is 0 Å². The molecule has 0 N–H and O–H groups in total. The van der Waals surface area contributed by atoms with Crippen LogP contribution in [0.25, 0.3) is 0 Å². The lowest BCUT2D eigenvalue weighted by atomic mass is 10.0. The molecular formula is C22H36N6O. The molecule has 1 saturated heterocycles. The van der Waals surface area contributed by atoms with Gasteiger partial charge >= 0.3 is 0 Å². The van der Waals surface area contributed by atoms with Gasteiger partial charge in [0, 0.05) is 25.7 Å². The van der Waals surface area contributed by atoms with Crippen molar-refractivity contribution in [3.63, 3.8) is 0 Å². The molecule has 1 atom stereocenters. The standard InChI is InChI=1S/C22H36N6O/c1-5-18-21(29)26(4)19-15-23-22(24-20(19)28(18)17-9-7-8-10-17)27(6-2)16-11-13-25(3)14-12-16/h15-18H,5-14H2,1-4H3. The Hall–Kier alpha value is -1.89. The van der Waals surface area contributed by atoms with Gasteiger partial charge < -0.3 is 19.6 Å². The topological polar surface area (TPSA) is 55.8 Å². The molecule has 1 amide bonds. The molecule has 7 nitrogen and oxygen atoms in total. The predicted octanol–water partition coefficient (Wildman–Crippen LogP) is 2.90. The first-order valence-corrected chi connectivity index (χ1v) is 11.4. The van der Waals surface area contributed by atoms with Crippen LogP contribution in [0.5, 0.6) is 0 Å². The molecule has 0 bridgehead atoms. The minimum Gasteiger partial charge on any atom is -0.340 e. The lowest BCUT2D eigenvalue weighted by Gasteiger charge is -2.44. The van der Waals surface area contributed by atoms with Gasteiger partial charge in [-0.15, -0.1) is 0 Å². The molecule has 1 saturated carbocycles. The molecule has 0 radical (unpaired) electrons. The van der Waals surface area contributed by atoms with E-state index in [1.165, 1.54) is 12.8 Å². The number of carbonyl (C=O) groups is 1. The SMILES string of the molecule is CCC1C(=O)N(C)c2cnc(N(CC)C3CCN(C)CC3)nc2N1C1CCCC1. The zero-order valence-corrected chi connectivity index (χ0v) is 18.5. The summed E-state index contributed by atoms with van der Waals surface area (Å²) in [6.07, 6.45) is 9.76. The van der Waals surface area contributed by atoms with Gasteiger partial charge in [0.2, 0.25) is 11.9 Å². The van der Waals surface area contributed by atoms with Crippen molar-refractivity contribution in [2.75, 3.05) is 48.4 Å². The Morgan fingerprint density at radius 3 is 2.41 bits per heavy atom. The zero-order chi connectivity index (χ0) is 20.5. The third kappa shape index (κ3) is 3.69. The average molecular weight is 401 g/mol. The molecule has 3 heterocycles.